The van der Waals surface area contributed by atoms with E-state index in [4.69, 9.17) is 4.74 Å². The second-order valence-electron chi connectivity index (χ2n) is 6.50. The SMILES string of the molecule is CCc1cccc(C)c1NC(=O)COc1cc(C)ccc1C(C)C. The second-order valence-corrected chi connectivity index (χ2v) is 6.50. The van der Waals surface area contributed by atoms with Crippen LogP contribution in [-0.4, -0.2) is 12.5 Å². The Morgan fingerprint density at radius 2 is 1.92 bits per heavy atom. The topological polar surface area (TPSA) is 38.3 Å². The lowest BCUT2D eigenvalue weighted by Gasteiger charge is -2.16. The lowest BCUT2D eigenvalue weighted by molar-refractivity contribution is -0.118. The second kappa shape index (κ2) is 8.00. The van der Waals surface area contributed by atoms with Crippen molar-refractivity contribution < 1.29 is 9.53 Å². The van der Waals surface area contributed by atoms with E-state index in [9.17, 15) is 4.79 Å². The molecule has 0 heterocycles. The number of hydrogen-bond donors (Lipinski definition) is 1. The zero-order valence-electron chi connectivity index (χ0n) is 15.3. The largest absolute Gasteiger partial charge is 0.483 e. The third-order valence-electron chi connectivity index (χ3n) is 4.15. The predicted molar refractivity (Wildman–Crippen MR) is 99.9 cm³/mol. The first-order valence-electron chi connectivity index (χ1n) is 8.54. The van der Waals surface area contributed by atoms with Crippen molar-refractivity contribution in [1.29, 1.82) is 0 Å². The number of carbonyl (C=O) groups excluding carboxylic acids is 1. The van der Waals surface area contributed by atoms with E-state index in [1.165, 1.54) is 0 Å². The van der Waals surface area contributed by atoms with Crippen molar-refractivity contribution in [3.8, 4) is 5.75 Å². The molecule has 0 spiro atoms. The number of nitrogens with one attached hydrogen (secondary N) is 1. The zero-order chi connectivity index (χ0) is 17.7. The molecule has 0 aliphatic carbocycles. The summed E-state index contributed by atoms with van der Waals surface area (Å²) >= 11 is 0. The molecule has 0 radical (unpaired) electrons. The highest BCUT2D eigenvalue weighted by Gasteiger charge is 2.12. The molecule has 128 valence electrons. The Bertz CT molecular complexity index is 720. The molecule has 1 N–H and O–H groups in total. The van der Waals surface area contributed by atoms with Crippen molar-refractivity contribution in [2.24, 2.45) is 0 Å². The van der Waals surface area contributed by atoms with Gasteiger partial charge in [0.2, 0.25) is 0 Å². The van der Waals surface area contributed by atoms with Crippen LogP contribution in [0.25, 0.3) is 0 Å². The first-order valence-corrected chi connectivity index (χ1v) is 8.54. The molecule has 2 aromatic rings. The molecular formula is C21H27NO2. The fourth-order valence-corrected chi connectivity index (χ4v) is 2.76. The van der Waals surface area contributed by atoms with Gasteiger partial charge < -0.3 is 10.1 Å². The highest BCUT2D eigenvalue weighted by molar-refractivity contribution is 5.93. The summed E-state index contributed by atoms with van der Waals surface area (Å²) in [4.78, 5) is 12.3. The first kappa shape index (κ1) is 18.1. The van der Waals surface area contributed by atoms with Crippen LogP contribution in [0.4, 0.5) is 5.69 Å². The maximum absolute atomic E-state index is 12.3. The van der Waals surface area contributed by atoms with Crippen molar-refractivity contribution in [3.05, 3.63) is 58.7 Å². The van der Waals surface area contributed by atoms with Gasteiger partial charge in [0.05, 0.1) is 0 Å². The number of ether oxygens (including phenoxy) is 1. The number of aryl methyl sites for hydroxylation is 3. The van der Waals surface area contributed by atoms with E-state index in [1.54, 1.807) is 0 Å². The van der Waals surface area contributed by atoms with Gasteiger partial charge in [-0.1, -0.05) is 51.1 Å². The third kappa shape index (κ3) is 4.38. The fraction of sp³-hybridized carbons (Fsp3) is 0.381. The van der Waals surface area contributed by atoms with Crippen LogP contribution in [0.1, 0.15) is 48.9 Å². The van der Waals surface area contributed by atoms with Crippen LogP contribution in [-0.2, 0) is 11.2 Å². The third-order valence-corrected chi connectivity index (χ3v) is 4.15. The monoisotopic (exact) mass is 325 g/mol. The normalized spacial score (nSPS) is 10.8. The molecule has 2 aromatic carbocycles. The van der Waals surface area contributed by atoms with Crippen molar-refractivity contribution >= 4 is 11.6 Å². The van der Waals surface area contributed by atoms with Crippen molar-refractivity contribution in [1.82, 2.24) is 0 Å². The number of rotatable bonds is 6. The van der Waals surface area contributed by atoms with Gasteiger partial charge in [-0.15, -0.1) is 0 Å². The zero-order valence-corrected chi connectivity index (χ0v) is 15.3. The quantitative estimate of drug-likeness (QED) is 0.811. The Morgan fingerprint density at radius 1 is 1.17 bits per heavy atom. The van der Waals surface area contributed by atoms with Gasteiger partial charge in [0.15, 0.2) is 6.61 Å². The lowest BCUT2D eigenvalue weighted by atomic mass is 10.0. The van der Waals surface area contributed by atoms with E-state index in [0.29, 0.717) is 5.92 Å². The van der Waals surface area contributed by atoms with Crippen molar-refractivity contribution in [2.75, 3.05) is 11.9 Å². The molecule has 0 aliphatic heterocycles. The molecule has 0 atom stereocenters. The maximum Gasteiger partial charge on any atom is 0.262 e. The summed E-state index contributed by atoms with van der Waals surface area (Å²) in [6.45, 7) is 10.4. The number of benzene rings is 2. The average molecular weight is 325 g/mol. The van der Waals surface area contributed by atoms with Crippen LogP contribution < -0.4 is 10.1 Å². The Hall–Kier alpha value is -2.29. The molecule has 2 rings (SSSR count). The average Bonchev–Trinajstić information content (AvgIpc) is 2.54. The summed E-state index contributed by atoms with van der Waals surface area (Å²) in [6.07, 6.45) is 0.882. The van der Waals surface area contributed by atoms with E-state index >= 15 is 0 Å². The van der Waals surface area contributed by atoms with Crippen LogP contribution in [0.5, 0.6) is 5.75 Å². The predicted octanol–water partition coefficient (Wildman–Crippen LogP) is 5.01. The van der Waals surface area contributed by atoms with E-state index in [-0.39, 0.29) is 12.5 Å². The van der Waals surface area contributed by atoms with Crippen molar-refractivity contribution in [2.45, 2.75) is 47.0 Å². The van der Waals surface area contributed by atoms with Gasteiger partial charge in [-0.25, -0.2) is 0 Å². The van der Waals surface area contributed by atoms with Gasteiger partial charge in [0, 0.05) is 5.69 Å². The maximum atomic E-state index is 12.3. The summed E-state index contributed by atoms with van der Waals surface area (Å²) in [5.74, 6) is 1.02. The van der Waals surface area contributed by atoms with Crippen molar-refractivity contribution in [3.63, 3.8) is 0 Å². The number of hydrogen-bond acceptors (Lipinski definition) is 2. The van der Waals surface area contributed by atoms with Crippen LogP contribution in [0, 0.1) is 13.8 Å². The molecule has 3 heteroatoms. The van der Waals surface area contributed by atoms with E-state index < -0.39 is 0 Å². The standard InChI is InChI=1S/C21H27NO2/c1-6-17-9-7-8-16(5)21(17)22-20(23)13-24-19-12-15(4)10-11-18(19)14(2)3/h7-12,14H,6,13H2,1-5H3,(H,22,23). The van der Waals surface area contributed by atoms with E-state index in [2.05, 4.69) is 38.2 Å². The highest BCUT2D eigenvalue weighted by atomic mass is 16.5. The van der Waals surface area contributed by atoms with Crippen LogP contribution >= 0.6 is 0 Å². The van der Waals surface area contributed by atoms with Gasteiger partial charge >= 0.3 is 0 Å². The summed E-state index contributed by atoms with van der Waals surface area (Å²) in [5, 5.41) is 3.00. The van der Waals surface area contributed by atoms with Gasteiger partial charge in [0.1, 0.15) is 5.75 Å². The van der Waals surface area contributed by atoms with Crippen LogP contribution in [0.15, 0.2) is 36.4 Å². The Labute approximate surface area is 145 Å². The highest BCUT2D eigenvalue weighted by Crippen LogP contribution is 2.27. The van der Waals surface area contributed by atoms with Gasteiger partial charge in [0.25, 0.3) is 5.91 Å². The van der Waals surface area contributed by atoms with E-state index in [1.807, 2.05) is 38.1 Å². The number of para-hydroxylation sites is 1. The number of amides is 1. The number of anilines is 1. The Kier molecular flexibility index (Phi) is 6.02. The van der Waals surface area contributed by atoms with E-state index in [0.717, 1.165) is 40.1 Å². The summed E-state index contributed by atoms with van der Waals surface area (Å²) < 4.78 is 5.81. The fourth-order valence-electron chi connectivity index (χ4n) is 2.76. The molecule has 0 aromatic heterocycles. The smallest absolute Gasteiger partial charge is 0.262 e. The molecule has 0 fully saturated rings. The molecule has 0 bridgehead atoms. The first-order chi connectivity index (χ1) is 11.4. The molecule has 0 unspecified atom stereocenters. The molecular weight excluding hydrogens is 298 g/mol. The molecule has 0 aliphatic rings. The summed E-state index contributed by atoms with van der Waals surface area (Å²) in [7, 11) is 0. The molecule has 24 heavy (non-hydrogen) atoms. The molecule has 1 amide bonds. The van der Waals surface area contributed by atoms with Gasteiger partial charge in [-0.2, -0.15) is 0 Å². The summed E-state index contributed by atoms with van der Waals surface area (Å²) in [6, 6.07) is 12.2. The van der Waals surface area contributed by atoms with Gasteiger partial charge in [-0.3, -0.25) is 4.79 Å². The Morgan fingerprint density at radius 3 is 2.58 bits per heavy atom. The molecule has 0 saturated heterocycles. The minimum absolute atomic E-state index is 0.0145. The van der Waals surface area contributed by atoms with Gasteiger partial charge in [-0.05, 0) is 54.5 Å². The Balaban J connectivity index is 2.09. The number of carbonyl (C=O) groups is 1. The summed E-state index contributed by atoms with van der Waals surface area (Å²) in [5.41, 5.74) is 5.37. The minimum atomic E-state index is -0.129. The minimum Gasteiger partial charge on any atom is -0.483 e. The van der Waals surface area contributed by atoms with Crippen LogP contribution in [0.3, 0.4) is 0 Å². The van der Waals surface area contributed by atoms with Crippen LogP contribution in [0.2, 0.25) is 0 Å². The molecule has 3 nitrogen and oxygen atoms in total. The molecule has 0 saturated carbocycles. The lowest BCUT2D eigenvalue weighted by Crippen LogP contribution is -2.22.